The molecule has 36 heavy (non-hydrogen) atoms. The number of carbonyl (C=O) groups is 1. The van der Waals surface area contributed by atoms with E-state index >= 15 is 0 Å². The summed E-state index contributed by atoms with van der Waals surface area (Å²) in [7, 11) is 2.15. The van der Waals surface area contributed by atoms with Crippen LogP contribution in [-0.4, -0.2) is 52.7 Å². The van der Waals surface area contributed by atoms with Crippen LogP contribution in [0.3, 0.4) is 0 Å². The summed E-state index contributed by atoms with van der Waals surface area (Å²) in [5.41, 5.74) is 2.01. The van der Waals surface area contributed by atoms with Gasteiger partial charge in [0.2, 0.25) is 6.73 Å². The van der Waals surface area contributed by atoms with Crippen molar-refractivity contribution in [1.82, 2.24) is 8.75 Å². The number of likely N-dealkylation sites (N-methyl/N-ethyl adjacent to an activating group) is 1. The van der Waals surface area contributed by atoms with E-state index in [0.29, 0.717) is 30.1 Å². The molecule has 2 rings (SSSR count). The van der Waals surface area contributed by atoms with E-state index in [0.717, 1.165) is 50.0 Å². The first-order valence-corrected chi connectivity index (χ1v) is 14.9. The molecule has 0 saturated heterocycles. The van der Waals surface area contributed by atoms with Crippen molar-refractivity contribution in [1.29, 1.82) is 0 Å². The number of hydrogen-bond acceptors (Lipinski definition) is 6. The molecule has 0 N–H and O–H groups in total. The van der Waals surface area contributed by atoms with Crippen LogP contribution < -0.4 is 4.74 Å². The Morgan fingerprint density at radius 2 is 1.56 bits per heavy atom. The second-order valence-electron chi connectivity index (χ2n) is 9.01. The maximum Gasteiger partial charge on any atom is 0.310 e. The molecule has 7 heteroatoms. The fraction of sp³-hybridized carbons (Fsp3) is 0.828. The summed E-state index contributed by atoms with van der Waals surface area (Å²) in [5.74, 6) is 0.582. The smallest absolute Gasteiger partial charge is 0.310 e. The van der Waals surface area contributed by atoms with Gasteiger partial charge in [-0.2, -0.15) is 4.37 Å². The van der Waals surface area contributed by atoms with E-state index in [1.165, 1.54) is 56.7 Å². The van der Waals surface area contributed by atoms with Gasteiger partial charge < -0.3 is 9.47 Å². The van der Waals surface area contributed by atoms with Crippen molar-refractivity contribution in [2.45, 2.75) is 126 Å². The summed E-state index contributed by atoms with van der Waals surface area (Å²) in [5, 5.41) is 0. The second-order valence-corrected chi connectivity index (χ2v) is 9.54. The van der Waals surface area contributed by atoms with Crippen molar-refractivity contribution in [2.75, 3.05) is 33.5 Å². The van der Waals surface area contributed by atoms with Crippen molar-refractivity contribution >= 4 is 23.3 Å². The zero-order valence-corrected chi connectivity index (χ0v) is 24.7. The molecule has 1 unspecified atom stereocenters. The standard InChI is InChI=1S/C24H42N3O3S.2C2H6.CH4/c1-4-6-8-10-11-12-16-22(28)30-20-27(3)17-14-15-21(19-27)23-24(26-31-25-23)29-18-13-9-7-5-2;2*1-2;/h15H,4-14,16-20H2,1-3H3;2*1-2H3;1H4/q+1;;;. The number of esters is 1. The summed E-state index contributed by atoms with van der Waals surface area (Å²) >= 11 is 1.20. The minimum absolute atomic E-state index is 0. The highest BCUT2D eigenvalue weighted by Crippen LogP contribution is 2.30. The first kappa shape index (κ1) is 36.7. The van der Waals surface area contributed by atoms with Gasteiger partial charge in [0, 0.05) is 18.4 Å². The van der Waals surface area contributed by atoms with Crippen LogP contribution in [0, 0.1) is 0 Å². The molecular formula is C29H58N3O3S+. The Morgan fingerprint density at radius 3 is 2.22 bits per heavy atom. The molecule has 0 aliphatic carbocycles. The highest BCUT2D eigenvalue weighted by Gasteiger charge is 2.31. The predicted molar refractivity (Wildman–Crippen MR) is 156 cm³/mol. The molecule has 0 bridgehead atoms. The maximum atomic E-state index is 12.2. The molecule has 6 nitrogen and oxygen atoms in total. The van der Waals surface area contributed by atoms with Crippen LogP contribution in [0.4, 0.5) is 0 Å². The topological polar surface area (TPSA) is 61.3 Å². The quantitative estimate of drug-likeness (QED) is 0.122. The van der Waals surface area contributed by atoms with Gasteiger partial charge in [0.05, 0.1) is 31.9 Å². The van der Waals surface area contributed by atoms with E-state index in [9.17, 15) is 4.79 Å². The summed E-state index contributed by atoms with van der Waals surface area (Å²) in [6.07, 6.45) is 15.5. The molecule has 212 valence electrons. The largest absolute Gasteiger partial charge is 0.475 e. The van der Waals surface area contributed by atoms with Gasteiger partial charge in [-0.15, -0.1) is 4.37 Å². The third kappa shape index (κ3) is 15.6. The van der Waals surface area contributed by atoms with Crippen LogP contribution in [0.2, 0.25) is 0 Å². The van der Waals surface area contributed by atoms with E-state index in [1.807, 2.05) is 27.7 Å². The number of unbranched alkanes of at least 4 members (excludes halogenated alkanes) is 8. The number of rotatable bonds is 16. The van der Waals surface area contributed by atoms with Gasteiger partial charge in [-0.1, -0.05) is 106 Å². The summed E-state index contributed by atoms with van der Waals surface area (Å²) in [6.45, 7) is 15.3. The zero-order chi connectivity index (χ0) is 26.4. The summed E-state index contributed by atoms with van der Waals surface area (Å²) in [6, 6.07) is 0. The average molecular weight is 529 g/mol. The molecular weight excluding hydrogens is 470 g/mol. The second kappa shape index (κ2) is 23.9. The van der Waals surface area contributed by atoms with Crippen LogP contribution >= 0.6 is 11.7 Å². The van der Waals surface area contributed by atoms with E-state index in [1.54, 1.807) is 0 Å². The molecule has 0 radical (unpaired) electrons. The van der Waals surface area contributed by atoms with E-state index in [4.69, 9.17) is 9.47 Å². The molecule has 1 aromatic rings. The SMILES string of the molecule is C.CC.CC.CCCCCCCCC(=O)OC[N+]1(C)CCC=C(c2nsnc2OCCCCCC)C1. The highest BCUT2D eigenvalue weighted by atomic mass is 32.1. The van der Waals surface area contributed by atoms with Crippen molar-refractivity contribution < 1.29 is 18.8 Å². The Bertz CT molecular complexity index is 678. The van der Waals surface area contributed by atoms with Crippen LogP contribution in [0.5, 0.6) is 5.88 Å². The minimum atomic E-state index is -0.0719. The first-order chi connectivity index (χ1) is 17.1. The summed E-state index contributed by atoms with van der Waals surface area (Å²) < 4.78 is 21.1. The van der Waals surface area contributed by atoms with E-state index in [2.05, 4.69) is 35.7 Å². The number of ether oxygens (including phenoxy) is 2. The molecule has 0 fully saturated rings. The Hall–Kier alpha value is -1.47. The molecule has 2 heterocycles. The Kier molecular flexibility index (Phi) is 24.4. The molecule has 1 atom stereocenters. The number of hydrogen-bond donors (Lipinski definition) is 0. The minimum Gasteiger partial charge on any atom is -0.475 e. The molecule has 1 aliphatic rings. The molecule has 0 amide bonds. The fourth-order valence-electron chi connectivity index (χ4n) is 3.91. The van der Waals surface area contributed by atoms with E-state index in [-0.39, 0.29) is 13.4 Å². The summed E-state index contributed by atoms with van der Waals surface area (Å²) in [4.78, 5) is 12.2. The monoisotopic (exact) mass is 528 g/mol. The normalized spacial score (nSPS) is 16.4. The van der Waals surface area contributed by atoms with Crippen molar-refractivity contribution in [3.05, 3.63) is 11.8 Å². The van der Waals surface area contributed by atoms with Crippen molar-refractivity contribution in [3.8, 4) is 5.88 Å². The first-order valence-electron chi connectivity index (χ1n) is 14.2. The van der Waals surface area contributed by atoms with Gasteiger partial charge in [0.1, 0.15) is 12.2 Å². The molecule has 0 spiro atoms. The van der Waals surface area contributed by atoms with Gasteiger partial charge in [-0.3, -0.25) is 9.28 Å². The van der Waals surface area contributed by atoms with Gasteiger partial charge in [0.25, 0.3) is 5.88 Å². The number of carbonyl (C=O) groups excluding carboxylic acids is 1. The molecule has 0 saturated carbocycles. The Balaban J connectivity index is 0. The molecule has 1 aliphatic heterocycles. The molecule has 0 aromatic carbocycles. The Morgan fingerprint density at radius 1 is 0.944 bits per heavy atom. The van der Waals surface area contributed by atoms with Crippen LogP contribution in [0.25, 0.3) is 5.57 Å². The average Bonchev–Trinajstić information content (AvgIpc) is 3.36. The zero-order valence-electron chi connectivity index (χ0n) is 23.9. The maximum absolute atomic E-state index is 12.2. The third-order valence-electron chi connectivity index (χ3n) is 5.88. The van der Waals surface area contributed by atoms with Gasteiger partial charge in [-0.05, 0) is 12.8 Å². The molecule has 1 aromatic heterocycles. The lowest BCUT2D eigenvalue weighted by Crippen LogP contribution is -2.49. The fourth-order valence-corrected chi connectivity index (χ4v) is 4.44. The van der Waals surface area contributed by atoms with Crippen molar-refractivity contribution in [3.63, 3.8) is 0 Å². The van der Waals surface area contributed by atoms with Crippen LogP contribution in [-0.2, 0) is 9.53 Å². The Labute approximate surface area is 227 Å². The predicted octanol–water partition coefficient (Wildman–Crippen LogP) is 8.67. The van der Waals surface area contributed by atoms with Crippen molar-refractivity contribution in [2.24, 2.45) is 0 Å². The number of quaternary nitrogens is 1. The third-order valence-corrected chi connectivity index (χ3v) is 6.39. The number of aromatic nitrogens is 2. The van der Waals surface area contributed by atoms with E-state index < -0.39 is 0 Å². The van der Waals surface area contributed by atoms with Gasteiger partial charge in [-0.25, -0.2) is 0 Å². The lowest BCUT2D eigenvalue weighted by atomic mass is 10.1. The lowest BCUT2D eigenvalue weighted by Gasteiger charge is -2.36. The van der Waals surface area contributed by atoms with Gasteiger partial charge >= 0.3 is 5.97 Å². The van der Waals surface area contributed by atoms with Crippen LogP contribution in [0.15, 0.2) is 6.08 Å². The lowest BCUT2D eigenvalue weighted by molar-refractivity contribution is -0.919. The van der Waals surface area contributed by atoms with Gasteiger partial charge in [0.15, 0.2) is 0 Å². The number of nitrogens with zero attached hydrogens (tertiary/aromatic N) is 3. The highest BCUT2D eigenvalue weighted by molar-refractivity contribution is 6.99. The van der Waals surface area contributed by atoms with Crippen LogP contribution in [0.1, 0.15) is 132 Å².